The zero-order valence-corrected chi connectivity index (χ0v) is 18.2. The van der Waals surface area contributed by atoms with E-state index in [2.05, 4.69) is 19.3 Å². The van der Waals surface area contributed by atoms with Crippen molar-refractivity contribution in [2.45, 2.75) is 13.8 Å². The van der Waals surface area contributed by atoms with Crippen LogP contribution in [0.25, 0.3) is 6.08 Å². The number of nitrogens with one attached hydrogen (secondary N) is 1. The van der Waals surface area contributed by atoms with Crippen LogP contribution < -0.4 is 10.2 Å². The lowest BCUT2D eigenvalue weighted by molar-refractivity contribution is -0.123. The summed E-state index contributed by atoms with van der Waals surface area (Å²) in [5, 5.41) is 1.61. The van der Waals surface area contributed by atoms with Crippen molar-refractivity contribution in [3.63, 3.8) is 0 Å². The van der Waals surface area contributed by atoms with Crippen molar-refractivity contribution in [1.82, 2.24) is 10.4 Å². The van der Waals surface area contributed by atoms with Gasteiger partial charge in [-0.05, 0) is 54.5 Å². The molecule has 2 amide bonds. The maximum atomic E-state index is 12.8. The monoisotopic (exact) mass is 446 g/mol. The van der Waals surface area contributed by atoms with E-state index < -0.39 is 5.91 Å². The molecule has 0 radical (unpaired) electrons. The van der Waals surface area contributed by atoms with Gasteiger partial charge in [0.1, 0.15) is 5.75 Å². The highest BCUT2D eigenvalue weighted by molar-refractivity contribution is 8.26. The maximum absolute atomic E-state index is 12.8. The molecule has 2 aromatic carbocycles. The second-order valence-corrected chi connectivity index (χ2v) is 8.82. The highest BCUT2D eigenvalue weighted by Crippen LogP contribution is 2.33. The van der Waals surface area contributed by atoms with E-state index in [4.69, 9.17) is 28.6 Å². The Labute approximate surface area is 184 Å². The number of thiocarbonyl (C=S) groups is 1. The number of rotatable bonds is 6. The van der Waals surface area contributed by atoms with Crippen LogP contribution in [0, 0.1) is 5.92 Å². The van der Waals surface area contributed by atoms with E-state index in [9.17, 15) is 9.59 Å². The Morgan fingerprint density at radius 2 is 1.93 bits per heavy atom. The molecule has 1 saturated heterocycles. The number of halogens is 1. The second-order valence-electron chi connectivity index (χ2n) is 6.71. The van der Waals surface area contributed by atoms with Crippen molar-refractivity contribution in [2.24, 2.45) is 5.92 Å². The van der Waals surface area contributed by atoms with Gasteiger partial charge in [0.05, 0.1) is 11.5 Å². The summed E-state index contributed by atoms with van der Waals surface area (Å²) < 4.78 is 6.09. The Balaban J connectivity index is 1.77. The van der Waals surface area contributed by atoms with Gasteiger partial charge in [-0.25, -0.2) is 0 Å². The fourth-order valence-electron chi connectivity index (χ4n) is 2.46. The largest absolute Gasteiger partial charge is 0.493 e. The Hall–Kier alpha value is -2.35. The van der Waals surface area contributed by atoms with Crippen LogP contribution in [-0.2, 0) is 4.79 Å². The molecule has 0 saturated carbocycles. The lowest BCUT2D eigenvalue weighted by Crippen LogP contribution is -2.44. The predicted molar refractivity (Wildman–Crippen MR) is 121 cm³/mol. The third kappa shape index (κ3) is 5.38. The van der Waals surface area contributed by atoms with Gasteiger partial charge in [0.15, 0.2) is 4.32 Å². The summed E-state index contributed by atoms with van der Waals surface area (Å²) in [4.78, 5) is 25.6. The number of carbonyl (C=O) groups excluding carboxylic acids is 2. The highest BCUT2D eigenvalue weighted by Gasteiger charge is 2.34. The van der Waals surface area contributed by atoms with Gasteiger partial charge in [-0.1, -0.05) is 55.4 Å². The minimum Gasteiger partial charge on any atom is -0.493 e. The zero-order chi connectivity index (χ0) is 21.0. The van der Waals surface area contributed by atoms with Crippen molar-refractivity contribution >= 4 is 57.8 Å². The van der Waals surface area contributed by atoms with Gasteiger partial charge in [-0.2, -0.15) is 5.01 Å². The van der Waals surface area contributed by atoms with Gasteiger partial charge >= 0.3 is 0 Å². The van der Waals surface area contributed by atoms with E-state index in [1.807, 2.05) is 24.3 Å². The Kier molecular flexibility index (Phi) is 6.95. The van der Waals surface area contributed by atoms with Crippen molar-refractivity contribution in [3.8, 4) is 5.75 Å². The van der Waals surface area contributed by atoms with Crippen LogP contribution in [0.4, 0.5) is 0 Å². The predicted octanol–water partition coefficient (Wildman–Crippen LogP) is 4.92. The molecule has 5 nitrogen and oxygen atoms in total. The second kappa shape index (κ2) is 9.43. The molecule has 0 aromatic heterocycles. The molecule has 3 rings (SSSR count). The highest BCUT2D eigenvalue weighted by atomic mass is 35.5. The number of carbonyl (C=O) groups is 2. The number of benzene rings is 2. The molecule has 0 atom stereocenters. The first-order valence-electron chi connectivity index (χ1n) is 8.91. The van der Waals surface area contributed by atoms with Crippen LogP contribution in [-0.4, -0.2) is 27.8 Å². The maximum Gasteiger partial charge on any atom is 0.285 e. The molecular weight excluding hydrogens is 428 g/mol. The molecule has 1 heterocycles. The van der Waals surface area contributed by atoms with Crippen molar-refractivity contribution in [1.29, 1.82) is 0 Å². The van der Waals surface area contributed by atoms with Crippen LogP contribution >= 0.6 is 35.6 Å². The zero-order valence-electron chi connectivity index (χ0n) is 15.8. The molecule has 1 aliphatic heterocycles. The summed E-state index contributed by atoms with van der Waals surface area (Å²) in [5.74, 6) is 0.238. The molecule has 1 aliphatic rings. The molecule has 8 heteroatoms. The van der Waals surface area contributed by atoms with Crippen LogP contribution in [0.15, 0.2) is 53.4 Å². The normalized spacial score (nSPS) is 15.3. The van der Waals surface area contributed by atoms with Gasteiger partial charge < -0.3 is 4.74 Å². The van der Waals surface area contributed by atoms with Crippen LogP contribution in [0.1, 0.15) is 29.8 Å². The lowest BCUT2D eigenvalue weighted by atomic mass is 10.1. The number of nitrogens with zero attached hydrogens (tertiary/aromatic N) is 1. The van der Waals surface area contributed by atoms with Crippen molar-refractivity contribution in [3.05, 3.63) is 69.6 Å². The first kappa shape index (κ1) is 21.4. The molecule has 29 heavy (non-hydrogen) atoms. The number of para-hydroxylation sites is 1. The van der Waals surface area contributed by atoms with Gasteiger partial charge in [0.2, 0.25) is 0 Å². The summed E-state index contributed by atoms with van der Waals surface area (Å²) in [6.45, 7) is 4.71. The fraction of sp³-hybridized carbons (Fsp3) is 0.190. The van der Waals surface area contributed by atoms with Crippen LogP contribution in [0.5, 0.6) is 5.75 Å². The number of ether oxygens (including phenoxy) is 1. The van der Waals surface area contributed by atoms with E-state index in [1.165, 1.54) is 0 Å². The van der Waals surface area contributed by atoms with Gasteiger partial charge in [-0.15, -0.1) is 0 Å². The van der Waals surface area contributed by atoms with E-state index in [1.54, 1.807) is 30.3 Å². The minimum atomic E-state index is -0.445. The van der Waals surface area contributed by atoms with Gasteiger partial charge in [-0.3, -0.25) is 15.0 Å². The number of amides is 2. The first-order valence-corrected chi connectivity index (χ1v) is 10.5. The molecule has 1 N–H and O–H groups in total. The molecule has 0 aliphatic carbocycles. The topological polar surface area (TPSA) is 58.6 Å². The van der Waals surface area contributed by atoms with E-state index in [0.29, 0.717) is 33.8 Å². The smallest absolute Gasteiger partial charge is 0.285 e. The Morgan fingerprint density at radius 1 is 1.24 bits per heavy atom. The van der Waals surface area contributed by atoms with Gasteiger partial charge in [0.25, 0.3) is 11.8 Å². The molecule has 150 valence electrons. The molecule has 1 fully saturated rings. The average molecular weight is 447 g/mol. The third-order valence-electron chi connectivity index (χ3n) is 3.89. The van der Waals surface area contributed by atoms with E-state index in [-0.39, 0.29) is 10.2 Å². The molecular formula is C21H19ClN2O3S2. The lowest BCUT2D eigenvalue weighted by Gasteiger charge is -2.15. The fourth-order valence-corrected chi connectivity index (χ4v) is 3.76. The van der Waals surface area contributed by atoms with Crippen LogP contribution in [0.3, 0.4) is 0 Å². The molecule has 0 unspecified atom stereocenters. The summed E-state index contributed by atoms with van der Waals surface area (Å²) in [6, 6.07) is 13.8. The minimum absolute atomic E-state index is 0.254. The quantitative estimate of drug-likeness (QED) is 0.504. The molecule has 0 bridgehead atoms. The van der Waals surface area contributed by atoms with Crippen LogP contribution in [0.2, 0.25) is 5.02 Å². The summed E-state index contributed by atoms with van der Waals surface area (Å²) in [5.41, 5.74) is 3.70. The third-order valence-corrected chi connectivity index (χ3v) is 5.45. The Bertz CT molecular complexity index is 974. The molecule has 0 spiro atoms. The number of hydrazine groups is 1. The van der Waals surface area contributed by atoms with E-state index >= 15 is 0 Å². The number of thioether (sulfide) groups is 1. The summed E-state index contributed by atoms with van der Waals surface area (Å²) >= 11 is 12.2. The standard InChI is InChI=1S/C21H19ClN2O3S2/c1-13(2)12-27-17-6-4-3-5-15(17)11-18-20(26)24(21(28)29-18)23-19(25)14-7-9-16(22)10-8-14/h3-11,13H,12H2,1-2H3,(H,23,25)/b18-11+. The number of hydrogen-bond donors (Lipinski definition) is 1. The van der Waals surface area contributed by atoms with E-state index in [0.717, 1.165) is 22.3 Å². The number of hydrogen-bond acceptors (Lipinski definition) is 5. The summed E-state index contributed by atoms with van der Waals surface area (Å²) in [6.07, 6.45) is 1.73. The molecule has 2 aromatic rings. The van der Waals surface area contributed by atoms with Crippen molar-refractivity contribution < 1.29 is 14.3 Å². The first-order chi connectivity index (χ1) is 13.8. The summed E-state index contributed by atoms with van der Waals surface area (Å²) in [7, 11) is 0. The van der Waals surface area contributed by atoms with Gasteiger partial charge in [0, 0.05) is 16.1 Å². The Morgan fingerprint density at radius 3 is 2.62 bits per heavy atom. The SMILES string of the molecule is CC(C)COc1ccccc1/C=C1/SC(=S)N(NC(=O)c2ccc(Cl)cc2)C1=O. The van der Waals surface area contributed by atoms with Crippen molar-refractivity contribution in [2.75, 3.05) is 6.61 Å². The average Bonchev–Trinajstić information content (AvgIpc) is 2.95.